The summed E-state index contributed by atoms with van der Waals surface area (Å²) in [6.07, 6.45) is 1.18. The van der Waals surface area contributed by atoms with E-state index in [-0.39, 0.29) is 31.2 Å². The molecule has 0 fully saturated rings. The molecule has 0 bridgehead atoms. The Morgan fingerprint density at radius 3 is 2.71 bits per heavy atom. The number of hydrogen-bond donors (Lipinski definition) is 1. The summed E-state index contributed by atoms with van der Waals surface area (Å²) in [6.45, 7) is 2.04. The zero-order chi connectivity index (χ0) is 16.0. The van der Waals surface area contributed by atoms with Crippen molar-refractivity contribution in [2.75, 3.05) is 31.7 Å². The zero-order valence-corrected chi connectivity index (χ0v) is 12.4. The van der Waals surface area contributed by atoms with E-state index in [1.807, 2.05) is 6.92 Å². The van der Waals surface area contributed by atoms with E-state index in [4.69, 9.17) is 9.84 Å². The molecule has 0 aliphatic carbocycles. The first-order chi connectivity index (χ1) is 9.92. The Morgan fingerprint density at radius 2 is 2.24 bits per heavy atom. The molecule has 0 amide bonds. The van der Waals surface area contributed by atoms with E-state index in [2.05, 4.69) is 5.10 Å². The number of hydrogen-bond acceptors (Lipinski definition) is 6. The van der Waals surface area contributed by atoms with Gasteiger partial charge in [0.25, 0.3) is 0 Å². The summed E-state index contributed by atoms with van der Waals surface area (Å²) in [5.74, 6) is -0.874. The van der Waals surface area contributed by atoms with Crippen LogP contribution in [0.5, 0.6) is 0 Å². The molecule has 0 saturated heterocycles. The number of carbonyl (C=O) groups is 1. The molecular weight excluding hydrogens is 280 g/mol. The Balaban J connectivity index is 3.27. The van der Waals surface area contributed by atoms with Crippen LogP contribution in [0.4, 0.5) is 11.5 Å². The maximum atomic E-state index is 11.3. The predicted molar refractivity (Wildman–Crippen MR) is 75.6 cm³/mol. The fourth-order valence-electron chi connectivity index (χ4n) is 2.13. The summed E-state index contributed by atoms with van der Waals surface area (Å²) in [5.41, 5.74) is 0.240. The van der Waals surface area contributed by atoms with Gasteiger partial charge in [-0.1, -0.05) is 13.3 Å². The van der Waals surface area contributed by atoms with Gasteiger partial charge in [0.2, 0.25) is 5.82 Å². The van der Waals surface area contributed by atoms with Crippen molar-refractivity contribution in [1.29, 1.82) is 0 Å². The lowest BCUT2D eigenvalue weighted by Crippen LogP contribution is -2.34. The Hall–Kier alpha value is -2.16. The molecule has 0 spiro atoms. The normalized spacial score (nSPS) is 10.6. The van der Waals surface area contributed by atoms with Crippen molar-refractivity contribution in [3.8, 4) is 0 Å². The van der Waals surface area contributed by atoms with Crippen LogP contribution in [0.1, 0.15) is 19.0 Å². The monoisotopic (exact) mass is 300 g/mol. The number of carboxylic acids is 1. The number of nitro groups is 1. The average molecular weight is 300 g/mol. The molecule has 1 aromatic rings. The SMILES string of the molecule is CCCc1nn(C)c(N(CCOC)CC(=O)O)c1[N+](=O)[O-]. The van der Waals surface area contributed by atoms with Crippen molar-refractivity contribution >= 4 is 17.5 Å². The van der Waals surface area contributed by atoms with Crippen LogP contribution in [0, 0.1) is 10.1 Å². The number of aromatic nitrogens is 2. The van der Waals surface area contributed by atoms with E-state index in [9.17, 15) is 14.9 Å². The standard InChI is InChI=1S/C12H20N4O5/c1-4-5-9-11(16(19)20)12(14(2)13-9)15(6-7-21-3)8-10(17)18/h4-8H2,1-3H3,(H,17,18). The van der Waals surface area contributed by atoms with Crippen molar-refractivity contribution in [3.63, 3.8) is 0 Å². The summed E-state index contributed by atoms with van der Waals surface area (Å²) >= 11 is 0. The molecule has 0 aliphatic heterocycles. The lowest BCUT2D eigenvalue weighted by atomic mass is 10.2. The minimum atomic E-state index is -1.07. The first-order valence-electron chi connectivity index (χ1n) is 6.58. The molecule has 0 aromatic carbocycles. The highest BCUT2D eigenvalue weighted by Crippen LogP contribution is 2.32. The summed E-state index contributed by atoms with van der Waals surface area (Å²) in [7, 11) is 3.06. The van der Waals surface area contributed by atoms with Crippen LogP contribution >= 0.6 is 0 Å². The third kappa shape index (κ3) is 4.15. The molecular formula is C12H20N4O5. The lowest BCUT2D eigenvalue weighted by Gasteiger charge is -2.21. The molecule has 0 aliphatic rings. The predicted octanol–water partition coefficient (Wildman–Crippen LogP) is 0.818. The van der Waals surface area contributed by atoms with Crippen LogP contribution in [-0.2, 0) is 23.0 Å². The first kappa shape index (κ1) is 16.9. The molecule has 21 heavy (non-hydrogen) atoms. The van der Waals surface area contributed by atoms with E-state index >= 15 is 0 Å². The Bertz CT molecular complexity index is 514. The van der Waals surface area contributed by atoms with E-state index < -0.39 is 10.9 Å². The molecule has 0 saturated carbocycles. The molecule has 1 N–H and O–H groups in total. The van der Waals surface area contributed by atoms with Crippen LogP contribution in [-0.4, -0.2) is 52.6 Å². The van der Waals surface area contributed by atoms with Gasteiger partial charge in [-0.2, -0.15) is 5.10 Å². The van der Waals surface area contributed by atoms with E-state index in [0.29, 0.717) is 18.5 Å². The van der Waals surface area contributed by atoms with Gasteiger partial charge in [0, 0.05) is 20.7 Å². The van der Waals surface area contributed by atoms with Gasteiger partial charge in [0.05, 0.1) is 11.5 Å². The number of ether oxygens (including phenoxy) is 1. The molecule has 9 heteroatoms. The van der Waals surface area contributed by atoms with Gasteiger partial charge in [-0.15, -0.1) is 0 Å². The molecule has 0 unspecified atom stereocenters. The molecule has 1 aromatic heterocycles. The van der Waals surface area contributed by atoms with Gasteiger partial charge in [0.1, 0.15) is 12.2 Å². The molecule has 9 nitrogen and oxygen atoms in total. The quantitative estimate of drug-likeness (QED) is 0.531. The van der Waals surface area contributed by atoms with Gasteiger partial charge in [-0.25, -0.2) is 4.68 Å². The van der Waals surface area contributed by atoms with Gasteiger partial charge < -0.3 is 14.7 Å². The average Bonchev–Trinajstić information content (AvgIpc) is 2.71. The number of carboxylic acid groups (broad SMARTS) is 1. The van der Waals surface area contributed by atoms with E-state index in [1.165, 1.54) is 16.7 Å². The highest BCUT2D eigenvalue weighted by Gasteiger charge is 2.30. The smallest absolute Gasteiger partial charge is 0.334 e. The van der Waals surface area contributed by atoms with Gasteiger partial charge in [-0.05, 0) is 6.42 Å². The van der Waals surface area contributed by atoms with E-state index in [1.54, 1.807) is 7.05 Å². The van der Waals surface area contributed by atoms with Crippen LogP contribution in [0.25, 0.3) is 0 Å². The number of rotatable bonds is 9. The van der Waals surface area contributed by atoms with Gasteiger partial charge in [0.15, 0.2) is 0 Å². The fraction of sp³-hybridized carbons (Fsp3) is 0.667. The molecule has 1 rings (SSSR count). The van der Waals surface area contributed by atoms with Gasteiger partial charge in [-0.3, -0.25) is 14.9 Å². The highest BCUT2D eigenvalue weighted by molar-refractivity contribution is 5.75. The van der Waals surface area contributed by atoms with Gasteiger partial charge >= 0.3 is 11.7 Å². The van der Waals surface area contributed by atoms with Crippen LogP contribution in [0.3, 0.4) is 0 Å². The Labute approximate surface area is 122 Å². The fourth-order valence-corrected chi connectivity index (χ4v) is 2.13. The van der Waals surface area contributed by atoms with E-state index in [0.717, 1.165) is 0 Å². The largest absolute Gasteiger partial charge is 0.480 e. The number of methoxy groups -OCH3 is 1. The molecule has 1 heterocycles. The maximum Gasteiger partial charge on any atom is 0.334 e. The van der Waals surface area contributed by atoms with Crippen molar-refractivity contribution in [2.45, 2.75) is 19.8 Å². The number of aryl methyl sites for hydroxylation is 2. The van der Waals surface area contributed by atoms with Crippen molar-refractivity contribution < 1.29 is 19.6 Å². The van der Waals surface area contributed by atoms with Crippen LogP contribution < -0.4 is 4.90 Å². The number of anilines is 1. The highest BCUT2D eigenvalue weighted by atomic mass is 16.6. The zero-order valence-electron chi connectivity index (χ0n) is 12.4. The summed E-state index contributed by atoms with van der Waals surface area (Å²) < 4.78 is 6.30. The summed E-state index contributed by atoms with van der Waals surface area (Å²) in [5, 5.41) is 24.5. The number of nitrogens with zero attached hydrogens (tertiary/aromatic N) is 4. The second kappa shape index (κ2) is 7.58. The Morgan fingerprint density at radius 1 is 1.57 bits per heavy atom. The van der Waals surface area contributed by atoms with Crippen molar-refractivity contribution in [2.24, 2.45) is 7.05 Å². The molecule has 0 radical (unpaired) electrons. The van der Waals surface area contributed by atoms with Crippen LogP contribution in [0.15, 0.2) is 0 Å². The molecule has 118 valence electrons. The first-order valence-corrected chi connectivity index (χ1v) is 6.58. The minimum absolute atomic E-state index is 0.128. The number of aliphatic carboxylic acids is 1. The summed E-state index contributed by atoms with van der Waals surface area (Å²) in [4.78, 5) is 23.2. The molecule has 0 atom stereocenters. The lowest BCUT2D eigenvalue weighted by molar-refractivity contribution is -0.384. The summed E-state index contributed by atoms with van der Waals surface area (Å²) in [6, 6.07) is 0. The topological polar surface area (TPSA) is 111 Å². The Kier molecular flexibility index (Phi) is 6.10. The maximum absolute atomic E-state index is 11.3. The van der Waals surface area contributed by atoms with Crippen LogP contribution in [0.2, 0.25) is 0 Å². The van der Waals surface area contributed by atoms with Crippen molar-refractivity contribution in [1.82, 2.24) is 9.78 Å². The van der Waals surface area contributed by atoms with Crippen molar-refractivity contribution in [3.05, 3.63) is 15.8 Å². The third-order valence-corrected chi connectivity index (χ3v) is 2.92. The third-order valence-electron chi connectivity index (χ3n) is 2.92. The second-order valence-corrected chi connectivity index (χ2v) is 4.56. The second-order valence-electron chi connectivity index (χ2n) is 4.56. The minimum Gasteiger partial charge on any atom is -0.480 e.